The van der Waals surface area contributed by atoms with Gasteiger partial charge in [-0.15, -0.1) is 0 Å². The van der Waals surface area contributed by atoms with Gasteiger partial charge in [0, 0.05) is 32.7 Å². The Labute approximate surface area is 241 Å². The van der Waals surface area contributed by atoms with Crippen LogP contribution in [0, 0.1) is 5.82 Å². The molecule has 0 aliphatic carbocycles. The summed E-state index contributed by atoms with van der Waals surface area (Å²) >= 11 is 0. The molecule has 0 N–H and O–H groups in total. The predicted octanol–water partition coefficient (Wildman–Crippen LogP) is 7.90. The number of benzene rings is 1. The van der Waals surface area contributed by atoms with Crippen molar-refractivity contribution in [1.29, 1.82) is 0 Å². The molecule has 224 valence electrons. The maximum absolute atomic E-state index is 13.5. The lowest BCUT2D eigenvalue weighted by molar-refractivity contribution is -0.141. The minimum absolute atomic E-state index is 0.00485. The van der Waals surface area contributed by atoms with Gasteiger partial charge in [-0.2, -0.15) is 0 Å². The molecule has 0 aliphatic rings. The maximum atomic E-state index is 13.5. The third kappa shape index (κ3) is 14.6. The van der Waals surface area contributed by atoms with Gasteiger partial charge >= 0.3 is 0 Å². The molecule has 1 heterocycles. The Morgan fingerprint density at radius 1 is 0.775 bits per heavy atom. The first-order valence-corrected chi connectivity index (χ1v) is 15.4. The summed E-state index contributed by atoms with van der Waals surface area (Å²) in [5, 5.41) is 0. The van der Waals surface area contributed by atoms with Crippen LogP contribution in [0.1, 0.15) is 109 Å². The van der Waals surface area contributed by atoms with Gasteiger partial charge in [0.1, 0.15) is 11.6 Å². The van der Waals surface area contributed by atoms with Crippen molar-refractivity contribution >= 4 is 11.8 Å². The van der Waals surface area contributed by atoms with E-state index in [2.05, 4.69) is 6.92 Å². The molecule has 0 radical (unpaired) electrons. The third-order valence-electron chi connectivity index (χ3n) is 7.16. The van der Waals surface area contributed by atoms with Crippen LogP contribution in [-0.4, -0.2) is 47.9 Å². The monoisotopic (exact) mass is 558 g/mol. The summed E-state index contributed by atoms with van der Waals surface area (Å²) in [6, 6.07) is 9.74. The van der Waals surface area contributed by atoms with Crippen molar-refractivity contribution < 1.29 is 23.1 Å². The topological polar surface area (TPSA) is 63.0 Å². The Hall–Kier alpha value is -2.67. The van der Waals surface area contributed by atoms with E-state index < -0.39 is 0 Å². The van der Waals surface area contributed by atoms with Crippen molar-refractivity contribution in [3.05, 3.63) is 59.8 Å². The second-order valence-electron chi connectivity index (χ2n) is 10.6. The molecule has 2 amide bonds. The zero-order chi connectivity index (χ0) is 28.8. The molecule has 0 aliphatic heterocycles. The van der Waals surface area contributed by atoms with Gasteiger partial charge in [-0.25, -0.2) is 4.39 Å². The third-order valence-corrected chi connectivity index (χ3v) is 7.16. The van der Waals surface area contributed by atoms with Crippen LogP contribution in [0.4, 0.5) is 4.39 Å². The fourth-order valence-electron chi connectivity index (χ4n) is 4.79. The SMILES string of the molecule is CCCCCCCCCCCCCC(=O)N(CCCOCC)CC(=O)N(Cc1ccc(F)cc1)Cc1ccco1. The second kappa shape index (κ2) is 21.1. The molecular weight excluding hydrogens is 507 g/mol. The number of furan rings is 1. The molecule has 0 spiro atoms. The molecule has 0 saturated heterocycles. The lowest BCUT2D eigenvalue weighted by atomic mass is 10.1. The van der Waals surface area contributed by atoms with Crippen molar-refractivity contribution in [1.82, 2.24) is 9.80 Å². The number of hydrogen-bond acceptors (Lipinski definition) is 4. The fraction of sp³-hybridized carbons (Fsp3) is 0.636. The molecule has 6 nitrogen and oxygen atoms in total. The Morgan fingerprint density at radius 3 is 2.02 bits per heavy atom. The van der Waals surface area contributed by atoms with Crippen molar-refractivity contribution in [2.24, 2.45) is 0 Å². The lowest BCUT2D eigenvalue weighted by Crippen LogP contribution is -2.43. The summed E-state index contributed by atoms with van der Waals surface area (Å²) < 4.78 is 24.4. The average molecular weight is 559 g/mol. The van der Waals surface area contributed by atoms with Gasteiger partial charge < -0.3 is 19.0 Å². The number of ether oxygens (including phenoxy) is 1. The number of hydrogen-bond donors (Lipinski definition) is 0. The van der Waals surface area contributed by atoms with E-state index in [9.17, 15) is 14.0 Å². The van der Waals surface area contributed by atoms with Crippen molar-refractivity contribution in [2.45, 2.75) is 110 Å². The number of carbonyl (C=O) groups excluding carboxylic acids is 2. The van der Waals surface area contributed by atoms with Crippen LogP contribution in [0.2, 0.25) is 0 Å². The molecule has 0 fully saturated rings. The van der Waals surface area contributed by atoms with Crippen LogP contribution in [0.5, 0.6) is 0 Å². The van der Waals surface area contributed by atoms with E-state index in [0.717, 1.165) is 24.8 Å². The highest BCUT2D eigenvalue weighted by Gasteiger charge is 2.22. The first-order chi connectivity index (χ1) is 19.5. The zero-order valence-electron chi connectivity index (χ0n) is 24.9. The van der Waals surface area contributed by atoms with Crippen molar-refractivity contribution in [2.75, 3.05) is 26.3 Å². The quantitative estimate of drug-likeness (QED) is 0.130. The molecule has 0 saturated carbocycles. The smallest absolute Gasteiger partial charge is 0.242 e. The molecule has 1 aromatic heterocycles. The normalized spacial score (nSPS) is 11.1. The first-order valence-electron chi connectivity index (χ1n) is 15.4. The zero-order valence-corrected chi connectivity index (χ0v) is 24.9. The van der Waals surface area contributed by atoms with Gasteiger partial charge in [-0.3, -0.25) is 9.59 Å². The summed E-state index contributed by atoms with van der Waals surface area (Å²) in [7, 11) is 0. The van der Waals surface area contributed by atoms with E-state index in [1.807, 2.05) is 13.0 Å². The van der Waals surface area contributed by atoms with Crippen LogP contribution >= 0.6 is 0 Å². The Balaban J connectivity index is 1.87. The van der Waals surface area contributed by atoms with E-state index in [-0.39, 0.29) is 30.7 Å². The minimum Gasteiger partial charge on any atom is -0.467 e. The van der Waals surface area contributed by atoms with Gasteiger partial charge in [0.05, 0.1) is 19.4 Å². The highest BCUT2D eigenvalue weighted by molar-refractivity contribution is 5.84. The van der Waals surface area contributed by atoms with Crippen LogP contribution in [0.25, 0.3) is 0 Å². The standard InChI is InChI=1S/C33H51FN2O4/c1-3-5-6-7-8-9-10-11-12-13-14-18-32(37)35(23-16-24-39-4-2)28-33(38)36(27-31-17-15-25-40-31)26-29-19-21-30(34)22-20-29/h15,17,19-22,25H,3-14,16,18,23-24,26-28H2,1-2H3. The summed E-state index contributed by atoms with van der Waals surface area (Å²) in [5.74, 6) is 0.191. The number of nitrogens with zero attached hydrogens (tertiary/aromatic N) is 2. The van der Waals surface area contributed by atoms with Crippen LogP contribution < -0.4 is 0 Å². The Kier molecular flexibility index (Phi) is 17.7. The van der Waals surface area contributed by atoms with Gasteiger partial charge in [0.2, 0.25) is 11.8 Å². The largest absolute Gasteiger partial charge is 0.467 e. The molecule has 0 unspecified atom stereocenters. The van der Waals surface area contributed by atoms with Gasteiger partial charge in [0.25, 0.3) is 0 Å². The molecule has 2 aromatic rings. The van der Waals surface area contributed by atoms with Gasteiger partial charge in [-0.05, 0) is 49.6 Å². The highest BCUT2D eigenvalue weighted by atomic mass is 19.1. The van der Waals surface area contributed by atoms with E-state index in [4.69, 9.17) is 9.15 Å². The number of carbonyl (C=O) groups is 2. The second-order valence-corrected chi connectivity index (χ2v) is 10.6. The molecule has 7 heteroatoms. The van der Waals surface area contributed by atoms with Crippen LogP contribution in [-0.2, 0) is 27.4 Å². The van der Waals surface area contributed by atoms with Gasteiger partial charge in [0.15, 0.2) is 0 Å². The lowest BCUT2D eigenvalue weighted by Gasteiger charge is -2.27. The Morgan fingerprint density at radius 2 is 1.43 bits per heavy atom. The number of unbranched alkanes of at least 4 members (excludes halogenated alkanes) is 10. The number of halogens is 1. The molecule has 40 heavy (non-hydrogen) atoms. The first kappa shape index (κ1) is 33.5. The summed E-state index contributed by atoms with van der Waals surface area (Å²) in [4.78, 5) is 30.0. The minimum atomic E-state index is -0.318. The van der Waals surface area contributed by atoms with Crippen LogP contribution in [0.3, 0.4) is 0 Å². The molecule has 1 aromatic carbocycles. The van der Waals surface area contributed by atoms with Crippen molar-refractivity contribution in [3.63, 3.8) is 0 Å². The summed E-state index contributed by atoms with van der Waals surface area (Å²) in [6.45, 7) is 6.44. The Bertz CT molecular complexity index is 917. The van der Waals surface area contributed by atoms with Crippen molar-refractivity contribution in [3.8, 4) is 0 Å². The van der Waals surface area contributed by atoms with E-state index >= 15 is 0 Å². The number of rotatable bonds is 23. The molecular formula is C33H51FN2O4. The average Bonchev–Trinajstić information content (AvgIpc) is 3.47. The van der Waals surface area contributed by atoms with E-state index in [0.29, 0.717) is 44.9 Å². The summed E-state index contributed by atoms with van der Waals surface area (Å²) in [6.07, 6.45) is 16.2. The molecule has 0 atom stereocenters. The fourth-order valence-corrected chi connectivity index (χ4v) is 4.79. The van der Waals surface area contributed by atoms with E-state index in [1.54, 1.807) is 34.3 Å². The highest BCUT2D eigenvalue weighted by Crippen LogP contribution is 2.15. The number of amides is 2. The van der Waals surface area contributed by atoms with Crippen LogP contribution in [0.15, 0.2) is 47.1 Å². The predicted molar refractivity (Wildman–Crippen MR) is 158 cm³/mol. The molecule has 0 bridgehead atoms. The van der Waals surface area contributed by atoms with E-state index in [1.165, 1.54) is 63.5 Å². The molecule has 2 rings (SSSR count). The van der Waals surface area contributed by atoms with Gasteiger partial charge in [-0.1, -0.05) is 83.3 Å². The summed E-state index contributed by atoms with van der Waals surface area (Å²) in [5.41, 5.74) is 0.816. The maximum Gasteiger partial charge on any atom is 0.242 e.